The van der Waals surface area contributed by atoms with Crippen LogP contribution in [0.3, 0.4) is 0 Å². The Hall–Kier alpha value is -0.420. The Morgan fingerprint density at radius 1 is 1.62 bits per heavy atom. The van der Waals surface area contributed by atoms with Crippen molar-refractivity contribution in [3.8, 4) is 0 Å². The Morgan fingerprint density at radius 2 is 2.56 bits per heavy atom. The minimum absolute atomic E-state index is 0.391. The van der Waals surface area contributed by atoms with Crippen LogP contribution in [0.5, 0.6) is 0 Å². The van der Waals surface area contributed by atoms with Crippen molar-refractivity contribution in [3.05, 3.63) is 22.4 Å². The summed E-state index contributed by atoms with van der Waals surface area (Å²) in [5.74, 6) is 6.22. The third-order valence-electron chi connectivity index (χ3n) is 3.26. The number of hydrazine groups is 1. The van der Waals surface area contributed by atoms with Crippen molar-refractivity contribution in [1.82, 2.24) is 5.43 Å². The molecule has 0 aliphatic carbocycles. The quantitative estimate of drug-likeness (QED) is 0.611. The minimum atomic E-state index is 0.391. The van der Waals surface area contributed by atoms with Crippen LogP contribution in [0.1, 0.15) is 24.1 Å². The fraction of sp³-hybridized carbons (Fsp3) is 0.667. The maximum atomic E-state index is 5.64. The molecular formula is C12H20N2OS. The van der Waals surface area contributed by atoms with Crippen molar-refractivity contribution in [1.29, 1.82) is 0 Å². The second-order valence-corrected chi connectivity index (χ2v) is 5.40. The van der Waals surface area contributed by atoms with Crippen LogP contribution in [-0.2, 0) is 11.2 Å². The van der Waals surface area contributed by atoms with Crippen molar-refractivity contribution in [2.75, 3.05) is 13.2 Å². The number of hydrogen-bond acceptors (Lipinski definition) is 4. The fourth-order valence-corrected chi connectivity index (χ4v) is 3.02. The number of nitrogens with two attached hydrogens (primary N) is 1. The third-order valence-corrected chi connectivity index (χ3v) is 4.20. The van der Waals surface area contributed by atoms with Crippen LogP contribution in [0.4, 0.5) is 0 Å². The lowest BCUT2D eigenvalue weighted by molar-refractivity contribution is 0.0380. The summed E-state index contributed by atoms with van der Waals surface area (Å²) in [6.45, 7) is 1.78. The van der Waals surface area contributed by atoms with Crippen LogP contribution in [-0.4, -0.2) is 19.3 Å². The van der Waals surface area contributed by atoms with E-state index in [1.807, 2.05) is 11.3 Å². The van der Waals surface area contributed by atoms with E-state index in [4.69, 9.17) is 10.6 Å². The van der Waals surface area contributed by atoms with Gasteiger partial charge in [-0.2, -0.15) is 0 Å². The second-order valence-electron chi connectivity index (χ2n) is 4.37. The van der Waals surface area contributed by atoms with E-state index in [0.717, 1.165) is 26.1 Å². The standard InChI is InChI=1S/C12H20N2OS/c13-14-12(10-3-1-7-15-9-10)6-5-11-4-2-8-16-11/h2,4,8,10,12,14H,1,3,5-7,9,13H2. The van der Waals surface area contributed by atoms with Gasteiger partial charge in [0.05, 0.1) is 6.61 Å². The average molecular weight is 240 g/mol. The first kappa shape index (κ1) is 12.0. The van der Waals surface area contributed by atoms with Gasteiger partial charge in [0.25, 0.3) is 0 Å². The molecule has 0 amide bonds. The van der Waals surface area contributed by atoms with Crippen LogP contribution in [0.25, 0.3) is 0 Å². The molecule has 90 valence electrons. The molecule has 1 aromatic heterocycles. The molecule has 1 aliphatic heterocycles. The molecule has 0 spiro atoms. The van der Waals surface area contributed by atoms with Gasteiger partial charge in [0, 0.05) is 17.5 Å². The Balaban J connectivity index is 1.80. The van der Waals surface area contributed by atoms with E-state index in [2.05, 4.69) is 22.9 Å². The van der Waals surface area contributed by atoms with E-state index in [1.165, 1.54) is 17.7 Å². The van der Waals surface area contributed by atoms with E-state index in [-0.39, 0.29) is 0 Å². The Labute approximate surface area is 101 Å². The summed E-state index contributed by atoms with van der Waals surface area (Å²) >= 11 is 1.82. The summed E-state index contributed by atoms with van der Waals surface area (Å²) < 4.78 is 5.51. The smallest absolute Gasteiger partial charge is 0.0509 e. The number of hydrogen-bond donors (Lipinski definition) is 2. The molecule has 0 aromatic carbocycles. The van der Waals surface area contributed by atoms with Crippen LogP contribution < -0.4 is 11.3 Å². The van der Waals surface area contributed by atoms with Crippen LogP contribution in [0, 0.1) is 5.92 Å². The van der Waals surface area contributed by atoms with Crippen LogP contribution in [0.15, 0.2) is 17.5 Å². The van der Waals surface area contributed by atoms with Gasteiger partial charge in [-0.1, -0.05) is 6.07 Å². The lowest BCUT2D eigenvalue weighted by Gasteiger charge is -2.29. The van der Waals surface area contributed by atoms with E-state index in [1.54, 1.807) is 0 Å². The van der Waals surface area contributed by atoms with Crippen molar-refractivity contribution < 1.29 is 4.74 Å². The highest BCUT2D eigenvalue weighted by Crippen LogP contribution is 2.21. The van der Waals surface area contributed by atoms with Gasteiger partial charge in [-0.25, -0.2) is 0 Å². The lowest BCUT2D eigenvalue weighted by atomic mass is 9.91. The van der Waals surface area contributed by atoms with Crippen molar-refractivity contribution >= 4 is 11.3 Å². The highest BCUT2D eigenvalue weighted by Gasteiger charge is 2.22. The normalized spacial score (nSPS) is 23.2. The van der Waals surface area contributed by atoms with Gasteiger partial charge < -0.3 is 4.74 Å². The Morgan fingerprint density at radius 3 is 3.19 bits per heavy atom. The van der Waals surface area contributed by atoms with Crippen molar-refractivity contribution in [2.45, 2.75) is 31.7 Å². The minimum Gasteiger partial charge on any atom is -0.381 e. The van der Waals surface area contributed by atoms with Gasteiger partial charge in [-0.15, -0.1) is 11.3 Å². The number of aryl methyl sites for hydroxylation is 1. The molecular weight excluding hydrogens is 220 g/mol. The molecule has 0 bridgehead atoms. The molecule has 3 nitrogen and oxygen atoms in total. The maximum Gasteiger partial charge on any atom is 0.0509 e. The van der Waals surface area contributed by atoms with E-state index >= 15 is 0 Å². The van der Waals surface area contributed by atoms with E-state index in [9.17, 15) is 0 Å². The SMILES string of the molecule is NNC(CCc1cccs1)C1CCCOC1. The van der Waals surface area contributed by atoms with Gasteiger partial charge >= 0.3 is 0 Å². The summed E-state index contributed by atoms with van der Waals surface area (Å²) in [5, 5.41) is 2.13. The van der Waals surface area contributed by atoms with Gasteiger partial charge in [-0.3, -0.25) is 11.3 Å². The van der Waals surface area contributed by atoms with Gasteiger partial charge in [0.2, 0.25) is 0 Å². The number of nitrogens with one attached hydrogen (secondary N) is 1. The molecule has 1 fully saturated rings. The zero-order valence-corrected chi connectivity index (χ0v) is 10.3. The second kappa shape index (κ2) is 6.35. The number of thiophene rings is 1. The van der Waals surface area contributed by atoms with Gasteiger partial charge in [-0.05, 0) is 43.0 Å². The molecule has 2 rings (SSSR count). The highest BCUT2D eigenvalue weighted by molar-refractivity contribution is 7.09. The first-order chi connectivity index (χ1) is 7.90. The summed E-state index contributed by atoms with van der Waals surface area (Å²) in [7, 11) is 0. The van der Waals surface area contributed by atoms with Crippen LogP contribution in [0.2, 0.25) is 0 Å². The van der Waals surface area contributed by atoms with Gasteiger partial charge in [0.1, 0.15) is 0 Å². The molecule has 3 N–H and O–H groups in total. The molecule has 0 saturated carbocycles. The number of rotatable bonds is 5. The first-order valence-corrected chi connectivity index (χ1v) is 6.84. The molecule has 0 radical (unpaired) electrons. The third kappa shape index (κ3) is 3.28. The molecule has 4 heteroatoms. The first-order valence-electron chi connectivity index (χ1n) is 5.96. The van der Waals surface area contributed by atoms with Crippen molar-refractivity contribution in [3.63, 3.8) is 0 Å². The lowest BCUT2D eigenvalue weighted by Crippen LogP contribution is -2.44. The maximum absolute atomic E-state index is 5.64. The summed E-state index contributed by atoms with van der Waals surface area (Å²) in [6.07, 6.45) is 4.62. The predicted molar refractivity (Wildman–Crippen MR) is 67.3 cm³/mol. The van der Waals surface area contributed by atoms with E-state index < -0.39 is 0 Å². The molecule has 1 aromatic rings. The summed E-state index contributed by atoms with van der Waals surface area (Å²) in [5.41, 5.74) is 2.96. The summed E-state index contributed by atoms with van der Waals surface area (Å²) in [4.78, 5) is 1.44. The monoisotopic (exact) mass is 240 g/mol. The molecule has 16 heavy (non-hydrogen) atoms. The molecule has 2 unspecified atom stereocenters. The molecule has 2 heterocycles. The average Bonchev–Trinajstić information content (AvgIpc) is 2.84. The largest absolute Gasteiger partial charge is 0.381 e. The summed E-state index contributed by atoms with van der Waals surface area (Å²) in [6, 6.07) is 4.69. The van der Waals surface area contributed by atoms with Crippen LogP contribution >= 0.6 is 11.3 Å². The van der Waals surface area contributed by atoms with E-state index in [0.29, 0.717) is 12.0 Å². The predicted octanol–water partition coefficient (Wildman–Crippen LogP) is 1.94. The fourth-order valence-electron chi connectivity index (χ4n) is 2.29. The highest BCUT2D eigenvalue weighted by atomic mass is 32.1. The Bertz CT molecular complexity index is 283. The Kier molecular flexibility index (Phi) is 4.78. The van der Waals surface area contributed by atoms with Crippen molar-refractivity contribution in [2.24, 2.45) is 11.8 Å². The molecule has 1 aliphatic rings. The topological polar surface area (TPSA) is 47.3 Å². The van der Waals surface area contributed by atoms with Gasteiger partial charge in [0.15, 0.2) is 0 Å². The number of ether oxygens (including phenoxy) is 1. The molecule has 1 saturated heterocycles. The zero-order chi connectivity index (χ0) is 11.2. The zero-order valence-electron chi connectivity index (χ0n) is 9.52. The molecule has 2 atom stereocenters.